The molecule has 310 valence electrons. The lowest BCUT2D eigenvalue weighted by atomic mass is 9.21. The van der Waals surface area contributed by atoms with Crippen LogP contribution in [0.5, 0.6) is 0 Å². The smallest absolute Gasteiger partial charge is 0.0272 e. The summed E-state index contributed by atoms with van der Waals surface area (Å²) in [4.78, 5) is 0. The van der Waals surface area contributed by atoms with E-state index in [1.54, 1.807) is 25.7 Å². The van der Waals surface area contributed by atoms with Crippen LogP contribution < -0.4 is 0 Å². The molecule has 0 nitrogen and oxygen atoms in total. The molecule has 19 saturated carbocycles. The number of rotatable bonds is 0. The normalized spacial score (nSPS) is 82.7. The van der Waals surface area contributed by atoms with Gasteiger partial charge in [0.2, 0.25) is 0 Å². The van der Waals surface area contributed by atoms with Gasteiger partial charge >= 0.3 is 0 Å². The van der Waals surface area contributed by atoms with E-state index in [9.17, 15) is 0 Å². The third-order valence-corrected chi connectivity index (χ3v) is 31.3. The van der Waals surface area contributed by atoms with Crippen molar-refractivity contribution in [2.24, 2.45) is 260 Å². The molecule has 59 heavy (non-hydrogen) atoms. The molecule has 0 saturated heterocycles. The maximum absolute atomic E-state index is 6.10. The predicted molar refractivity (Wildman–Crippen MR) is 228 cm³/mol. The summed E-state index contributed by atoms with van der Waals surface area (Å²) in [6.07, 6.45) is 12.7. The third-order valence-electron chi connectivity index (χ3n) is 31.3. The Morgan fingerprint density at radius 1 is 0.254 bits per heavy atom. The van der Waals surface area contributed by atoms with Gasteiger partial charge in [-0.1, -0.05) is 54.4 Å². The Hall–Kier alpha value is -0.880. The van der Waals surface area contributed by atoms with Crippen molar-refractivity contribution in [2.45, 2.75) is 74.1 Å². The molecule has 0 amide bonds. The molecular weight excluding hydrogens is 709 g/mol. The molecule has 19 aliphatic rings. The first-order valence-electron chi connectivity index (χ1n) is 27.7. The average Bonchev–Trinajstić information content (AvgIpc) is 3.87. The second-order valence-electron chi connectivity index (χ2n) is 29.4. The monoisotopic (exact) mass is 783 g/mol. The molecule has 44 atom stereocenters. The van der Waals surface area contributed by atoms with Gasteiger partial charge < -0.3 is 0 Å². The first-order chi connectivity index (χ1) is 28.8. The third kappa shape index (κ3) is 2.75. The van der Waals surface area contributed by atoms with Crippen LogP contribution >= 0.6 is 0 Å². The van der Waals surface area contributed by atoms with Gasteiger partial charge in [0.05, 0.1) is 0 Å². The Labute approximate surface area is 357 Å². The molecule has 0 heterocycles. The van der Waals surface area contributed by atoms with E-state index in [1.807, 2.05) is 0 Å². The Bertz CT molecular complexity index is 2150. The fourth-order valence-electron chi connectivity index (χ4n) is 32.8. The highest BCUT2D eigenvalue weighted by Gasteiger charge is 2.89. The highest BCUT2D eigenvalue weighted by Crippen LogP contribution is 2.93. The van der Waals surface area contributed by atoms with E-state index < -0.39 is 0 Å². The largest absolute Gasteiger partial charge is 0.106 e. The standard InChI is InChI=1S/C59H74/c1-9-10-11-23-16(2)24-12-28-29-13-25-17(3)32-19(5)34-21(7)36-22(8)35-20(6)33-18(4)26-14-30-31-15-27(23)40-39(24)50-43(28)52-41(29)48(37(25)32)45(34)54-47(36)55-46(35)49(38(26)33)42(30)53-44(31)51(40)56(50)59(57(52)54)58(53)55/h1,16-59H,12-15H2,2-8H3. The first kappa shape index (κ1) is 32.7. The summed E-state index contributed by atoms with van der Waals surface area (Å²) in [7, 11) is 0. The molecule has 0 spiro atoms. The minimum absolute atomic E-state index is 0.586. The van der Waals surface area contributed by atoms with E-state index in [4.69, 9.17) is 6.42 Å². The maximum atomic E-state index is 6.10. The van der Waals surface area contributed by atoms with E-state index in [0.29, 0.717) is 5.92 Å². The van der Waals surface area contributed by atoms with Gasteiger partial charge in [0.1, 0.15) is 0 Å². The van der Waals surface area contributed by atoms with Crippen molar-refractivity contribution < 1.29 is 0 Å². The average molecular weight is 783 g/mol. The topological polar surface area (TPSA) is 0 Å². The molecule has 0 aliphatic heterocycles. The molecule has 19 aliphatic carbocycles. The van der Waals surface area contributed by atoms with Gasteiger partial charge in [-0.2, -0.15) is 0 Å². The Morgan fingerprint density at radius 2 is 0.492 bits per heavy atom. The number of fused-ring (bicyclic) bond motifs is 2. The van der Waals surface area contributed by atoms with E-state index in [-0.39, 0.29) is 0 Å². The van der Waals surface area contributed by atoms with Gasteiger partial charge in [0, 0.05) is 5.92 Å². The lowest BCUT2D eigenvalue weighted by Crippen LogP contribution is -2.80. The van der Waals surface area contributed by atoms with Crippen molar-refractivity contribution in [3.8, 4) is 24.2 Å². The van der Waals surface area contributed by atoms with E-state index >= 15 is 0 Å². The maximum Gasteiger partial charge on any atom is 0.0272 e. The second kappa shape index (κ2) is 9.43. The summed E-state index contributed by atoms with van der Waals surface area (Å²) in [6.45, 7) is 20.3. The molecule has 44 unspecified atom stereocenters. The number of hydrogen-bond acceptors (Lipinski definition) is 0. The Kier molecular flexibility index (Phi) is 5.23. The van der Waals surface area contributed by atoms with Gasteiger partial charge in [0.15, 0.2) is 0 Å². The molecule has 0 radical (unpaired) electrons. The van der Waals surface area contributed by atoms with Gasteiger partial charge in [-0.05, 0) is 292 Å². The SMILES string of the molecule is C#CC#CC1C(C)C2CC3C4CC5C(C)C6C(C)C7C(C)C8C(C)C9C(C)C%10C(C)C%11CC%12C%13CC1C1C2C2C3C3C4C(C56)C7C4C8C5C9C(C%11%10)C%12C6C%13C1C2C(C34)C65. The molecule has 0 aromatic carbocycles. The zero-order valence-electron chi connectivity index (χ0n) is 37.3. The predicted octanol–water partition coefficient (Wildman–Crippen LogP) is 10.7. The van der Waals surface area contributed by atoms with Crippen LogP contribution in [0.3, 0.4) is 0 Å². The van der Waals surface area contributed by atoms with Gasteiger partial charge in [0.25, 0.3) is 0 Å². The second-order valence-corrected chi connectivity index (χ2v) is 29.4. The lowest BCUT2D eigenvalue weighted by Gasteiger charge is -2.84. The zero-order valence-corrected chi connectivity index (χ0v) is 37.3. The number of hydrogen-bond donors (Lipinski definition) is 0. The molecule has 0 bridgehead atoms. The van der Waals surface area contributed by atoms with Gasteiger partial charge in [-0.3, -0.25) is 0 Å². The van der Waals surface area contributed by atoms with E-state index in [0.717, 1.165) is 254 Å². The zero-order chi connectivity index (χ0) is 38.4. The van der Waals surface area contributed by atoms with Crippen molar-refractivity contribution in [3.63, 3.8) is 0 Å². The summed E-state index contributed by atoms with van der Waals surface area (Å²) in [6, 6.07) is 0. The van der Waals surface area contributed by atoms with Crippen molar-refractivity contribution in [1.82, 2.24) is 0 Å². The molecule has 0 aromatic rings. The summed E-state index contributed by atoms with van der Waals surface area (Å²) >= 11 is 0. The van der Waals surface area contributed by atoms with Crippen molar-refractivity contribution >= 4 is 0 Å². The molecule has 19 fully saturated rings. The van der Waals surface area contributed by atoms with E-state index in [2.05, 4.69) is 66.2 Å². The van der Waals surface area contributed by atoms with Crippen LogP contribution in [0, 0.1) is 285 Å². The van der Waals surface area contributed by atoms with Crippen LogP contribution in [-0.4, -0.2) is 0 Å². The lowest BCUT2D eigenvalue weighted by molar-refractivity contribution is -0.371. The molecule has 0 heteroatoms. The molecular formula is C59H74. The number of terminal acetylenes is 1. The summed E-state index contributed by atoms with van der Waals surface area (Å²) in [5.41, 5.74) is 0. The molecule has 19 rings (SSSR count). The Balaban J connectivity index is 0.930. The van der Waals surface area contributed by atoms with Crippen LogP contribution in [0.2, 0.25) is 0 Å². The highest BCUT2D eigenvalue weighted by molar-refractivity contribution is 5.37. The van der Waals surface area contributed by atoms with Crippen LogP contribution in [-0.2, 0) is 0 Å². The van der Waals surface area contributed by atoms with Gasteiger partial charge in [-0.15, -0.1) is 6.42 Å². The minimum Gasteiger partial charge on any atom is -0.106 e. The molecule has 0 aromatic heterocycles. The fourth-order valence-corrected chi connectivity index (χ4v) is 32.8. The molecule has 0 N–H and O–H groups in total. The highest BCUT2D eigenvalue weighted by atomic mass is 14.9. The van der Waals surface area contributed by atoms with Crippen LogP contribution in [0.4, 0.5) is 0 Å². The Morgan fingerprint density at radius 3 is 0.847 bits per heavy atom. The van der Waals surface area contributed by atoms with Crippen LogP contribution in [0.25, 0.3) is 0 Å². The van der Waals surface area contributed by atoms with E-state index in [1.165, 1.54) is 0 Å². The summed E-state index contributed by atoms with van der Waals surface area (Å²) < 4.78 is 0. The fraction of sp³-hybridized carbons (Fsp3) is 0.932. The van der Waals surface area contributed by atoms with Gasteiger partial charge in [-0.25, -0.2) is 0 Å². The first-order valence-corrected chi connectivity index (χ1v) is 27.7. The van der Waals surface area contributed by atoms with Crippen molar-refractivity contribution in [1.29, 1.82) is 0 Å². The summed E-state index contributed by atoms with van der Waals surface area (Å²) in [5, 5.41) is 0. The van der Waals surface area contributed by atoms with Crippen molar-refractivity contribution in [3.05, 3.63) is 0 Å². The van der Waals surface area contributed by atoms with Crippen LogP contribution in [0.1, 0.15) is 74.1 Å². The quantitative estimate of drug-likeness (QED) is 0.215. The minimum atomic E-state index is 0.586. The van der Waals surface area contributed by atoms with Crippen molar-refractivity contribution in [2.75, 3.05) is 0 Å². The van der Waals surface area contributed by atoms with Crippen LogP contribution in [0.15, 0.2) is 0 Å². The summed E-state index contributed by atoms with van der Waals surface area (Å²) in [5.74, 6) is 57.2.